The van der Waals surface area contributed by atoms with Crippen molar-refractivity contribution >= 4 is 11.6 Å². The first kappa shape index (κ1) is 14.3. The molecule has 0 bridgehead atoms. The van der Waals surface area contributed by atoms with Crippen molar-refractivity contribution in [1.82, 2.24) is 10.2 Å². The molecule has 2 nitrogen and oxygen atoms in total. The third-order valence-electron chi connectivity index (χ3n) is 4.71. The minimum Gasteiger partial charge on any atom is -0.314 e. The van der Waals surface area contributed by atoms with Crippen LogP contribution in [0.3, 0.4) is 0 Å². The summed E-state index contributed by atoms with van der Waals surface area (Å²) in [5.41, 5.74) is 1.03. The van der Waals surface area contributed by atoms with Crippen molar-refractivity contribution in [3.05, 3.63) is 34.6 Å². The van der Waals surface area contributed by atoms with Gasteiger partial charge in [-0.1, -0.05) is 17.7 Å². The van der Waals surface area contributed by atoms with Crippen molar-refractivity contribution in [3.8, 4) is 0 Å². The second-order valence-electron chi connectivity index (χ2n) is 6.05. The number of halogens is 2. The predicted octanol–water partition coefficient (Wildman–Crippen LogP) is 3.44. The maximum absolute atomic E-state index is 13.0. The molecule has 1 N–H and O–H groups in total. The van der Waals surface area contributed by atoms with Crippen LogP contribution in [0.5, 0.6) is 0 Å². The van der Waals surface area contributed by atoms with Crippen LogP contribution in [0.1, 0.15) is 31.2 Å². The molecule has 0 amide bonds. The molecule has 2 aliphatic rings. The van der Waals surface area contributed by atoms with Gasteiger partial charge < -0.3 is 5.32 Å². The second kappa shape index (κ2) is 6.42. The molecule has 3 rings (SSSR count). The molecule has 110 valence electrons. The zero-order chi connectivity index (χ0) is 13.9. The third-order valence-corrected chi connectivity index (χ3v) is 5.06. The molecule has 0 aliphatic carbocycles. The fourth-order valence-corrected chi connectivity index (χ4v) is 3.75. The molecular weight excluding hydrogens is 275 g/mol. The number of rotatable bonds is 3. The van der Waals surface area contributed by atoms with Crippen molar-refractivity contribution in [2.45, 2.75) is 38.3 Å². The van der Waals surface area contributed by atoms with E-state index in [0.29, 0.717) is 5.02 Å². The summed E-state index contributed by atoms with van der Waals surface area (Å²) in [6.45, 7) is 4.27. The van der Waals surface area contributed by atoms with Gasteiger partial charge in [-0.3, -0.25) is 4.90 Å². The molecule has 2 fully saturated rings. The quantitative estimate of drug-likeness (QED) is 0.919. The topological polar surface area (TPSA) is 15.3 Å². The number of piperidine rings is 1. The van der Waals surface area contributed by atoms with Gasteiger partial charge in [-0.2, -0.15) is 0 Å². The van der Waals surface area contributed by atoms with E-state index in [9.17, 15) is 4.39 Å². The summed E-state index contributed by atoms with van der Waals surface area (Å²) in [6.07, 6.45) is 5.19. The van der Waals surface area contributed by atoms with Crippen LogP contribution in [0, 0.1) is 11.7 Å². The van der Waals surface area contributed by atoms with E-state index >= 15 is 0 Å². The fourth-order valence-electron chi connectivity index (χ4n) is 3.52. The Bertz CT molecular complexity index is 452. The largest absolute Gasteiger partial charge is 0.314 e. The van der Waals surface area contributed by atoms with Crippen molar-refractivity contribution < 1.29 is 4.39 Å². The number of benzene rings is 1. The smallest absolute Gasteiger partial charge is 0.124 e. The molecule has 2 aliphatic heterocycles. The van der Waals surface area contributed by atoms with Gasteiger partial charge in [0.25, 0.3) is 0 Å². The molecule has 0 spiro atoms. The van der Waals surface area contributed by atoms with E-state index in [1.165, 1.54) is 44.4 Å². The highest BCUT2D eigenvalue weighted by atomic mass is 35.5. The van der Waals surface area contributed by atoms with Gasteiger partial charge in [-0.25, -0.2) is 4.39 Å². The minimum absolute atomic E-state index is 0.259. The summed E-state index contributed by atoms with van der Waals surface area (Å²) in [4.78, 5) is 2.44. The summed E-state index contributed by atoms with van der Waals surface area (Å²) >= 11 is 6.10. The average molecular weight is 297 g/mol. The zero-order valence-electron chi connectivity index (χ0n) is 11.7. The number of likely N-dealkylation sites (tertiary alicyclic amines) is 1. The van der Waals surface area contributed by atoms with Crippen LogP contribution in [0.25, 0.3) is 0 Å². The molecule has 2 saturated heterocycles. The van der Waals surface area contributed by atoms with E-state index in [-0.39, 0.29) is 5.82 Å². The normalized spacial score (nSPS) is 25.2. The van der Waals surface area contributed by atoms with Gasteiger partial charge >= 0.3 is 0 Å². The molecular formula is C16H22ClFN2. The number of hydrogen-bond donors (Lipinski definition) is 1. The third kappa shape index (κ3) is 3.33. The molecule has 0 aromatic heterocycles. The second-order valence-corrected chi connectivity index (χ2v) is 6.46. The van der Waals surface area contributed by atoms with E-state index in [4.69, 9.17) is 11.6 Å². The molecule has 1 aromatic carbocycles. The lowest BCUT2D eigenvalue weighted by Crippen LogP contribution is -2.40. The Morgan fingerprint density at radius 2 is 2.05 bits per heavy atom. The lowest BCUT2D eigenvalue weighted by atomic mass is 9.88. The first-order valence-corrected chi connectivity index (χ1v) is 8.00. The van der Waals surface area contributed by atoms with Gasteiger partial charge in [0.2, 0.25) is 0 Å². The Morgan fingerprint density at radius 3 is 2.70 bits per heavy atom. The Kier molecular flexibility index (Phi) is 4.59. The van der Waals surface area contributed by atoms with Gasteiger partial charge in [0.15, 0.2) is 0 Å². The number of nitrogens with one attached hydrogen (secondary N) is 1. The Hall–Kier alpha value is -0.640. The molecule has 20 heavy (non-hydrogen) atoms. The van der Waals surface area contributed by atoms with Gasteiger partial charge in [-0.05, 0) is 68.9 Å². The SMILES string of the molecule is Fc1ccc(CN2CCC(C3CCCN3)CC2)c(Cl)c1. The maximum atomic E-state index is 13.0. The monoisotopic (exact) mass is 296 g/mol. The highest BCUT2D eigenvalue weighted by molar-refractivity contribution is 6.31. The van der Waals surface area contributed by atoms with Crippen LogP contribution >= 0.6 is 11.6 Å². The molecule has 1 atom stereocenters. The van der Waals surface area contributed by atoms with E-state index in [1.807, 2.05) is 6.07 Å². The summed E-state index contributed by atoms with van der Waals surface area (Å²) in [7, 11) is 0. The van der Waals surface area contributed by atoms with E-state index in [2.05, 4.69) is 10.2 Å². The molecule has 1 aromatic rings. The molecule has 4 heteroatoms. The van der Waals surface area contributed by atoms with Crippen LogP contribution in [0.2, 0.25) is 5.02 Å². The highest BCUT2D eigenvalue weighted by Crippen LogP contribution is 2.27. The lowest BCUT2D eigenvalue weighted by Gasteiger charge is -2.35. The molecule has 2 heterocycles. The van der Waals surface area contributed by atoms with E-state index in [1.54, 1.807) is 0 Å². The first-order valence-electron chi connectivity index (χ1n) is 7.62. The summed E-state index contributed by atoms with van der Waals surface area (Å²) in [6, 6.07) is 5.46. The fraction of sp³-hybridized carbons (Fsp3) is 0.625. The van der Waals surface area contributed by atoms with E-state index < -0.39 is 0 Å². The van der Waals surface area contributed by atoms with Crippen LogP contribution in [0.15, 0.2) is 18.2 Å². The van der Waals surface area contributed by atoms with Crippen LogP contribution in [-0.2, 0) is 6.54 Å². The van der Waals surface area contributed by atoms with Crippen molar-refractivity contribution in [1.29, 1.82) is 0 Å². The summed E-state index contributed by atoms with van der Waals surface area (Å²) < 4.78 is 13.0. The Labute approximate surface area is 125 Å². The van der Waals surface area contributed by atoms with Gasteiger partial charge in [-0.15, -0.1) is 0 Å². The van der Waals surface area contributed by atoms with Crippen molar-refractivity contribution in [2.75, 3.05) is 19.6 Å². The van der Waals surface area contributed by atoms with E-state index in [0.717, 1.165) is 37.2 Å². The Morgan fingerprint density at radius 1 is 1.25 bits per heavy atom. The molecule has 0 radical (unpaired) electrons. The van der Waals surface area contributed by atoms with Gasteiger partial charge in [0.1, 0.15) is 5.82 Å². The van der Waals surface area contributed by atoms with Crippen molar-refractivity contribution in [2.24, 2.45) is 5.92 Å². The zero-order valence-corrected chi connectivity index (χ0v) is 12.5. The summed E-state index contributed by atoms with van der Waals surface area (Å²) in [5.74, 6) is 0.571. The van der Waals surface area contributed by atoms with Crippen LogP contribution in [-0.4, -0.2) is 30.6 Å². The minimum atomic E-state index is -0.259. The van der Waals surface area contributed by atoms with Gasteiger partial charge in [0.05, 0.1) is 0 Å². The maximum Gasteiger partial charge on any atom is 0.124 e. The highest BCUT2D eigenvalue weighted by Gasteiger charge is 2.28. The molecule has 0 saturated carbocycles. The Balaban J connectivity index is 1.53. The van der Waals surface area contributed by atoms with Crippen molar-refractivity contribution in [3.63, 3.8) is 0 Å². The van der Waals surface area contributed by atoms with Crippen LogP contribution in [0.4, 0.5) is 4.39 Å². The van der Waals surface area contributed by atoms with Crippen LogP contribution < -0.4 is 5.32 Å². The van der Waals surface area contributed by atoms with Gasteiger partial charge in [0, 0.05) is 17.6 Å². The lowest BCUT2D eigenvalue weighted by molar-refractivity contribution is 0.157. The first-order chi connectivity index (χ1) is 9.72. The number of hydrogen-bond acceptors (Lipinski definition) is 2. The summed E-state index contributed by atoms with van der Waals surface area (Å²) in [5, 5.41) is 4.17. The number of nitrogens with zero attached hydrogens (tertiary/aromatic N) is 1. The predicted molar refractivity (Wildman–Crippen MR) is 80.4 cm³/mol. The molecule has 1 unspecified atom stereocenters. The average Bonchev–Trinajstić information content (AvgIpc) is 2.97. The standard InChI is InChI=1S/C16H22ClFN2/c17-15-10-14(18)4-3-13(15)11-20-8-5-12(6-9-20)16-2-1-7-19-16/h3-4,10,12,16,19H,1-2,5-9,11H2.